The third kappa shape index (κ3) is 4.89. The third-order valence-corrected chi connectivity index (χ3v) is 10.4. The lowest BCUT2D eigenvalue weighted by Gasteiger charge is -2.38. The van der Waals surface area contributed by atoms with E-state index in [-0.39, 0.29) is 35.5 Å². The smallest absolute Gasteiger partial charge is 0.248 e. The predicted molar refractivity (Wildman–Crippen MR) is 153 cm³/mol. The standard InChI is InChI=1S/C29H34ClN3O5S/c1-4-38-20-11-9-19(10-12-20)31-26(35)23-22-13-14-29(39-22)24(23)28(37)33(21(15-34)16(2)3)25(29)27(36)32-18-7-5-17(30)6-8-18/h5-12,16,21-25,34H,4,13-15H2,1-3H3,(H,31,35)(H,32,36)/t21-,22+,23-,24-,25?,29?/m0/s1. The van der Waals surface area contributed by atoms with Gasteiger partial charge < -0.3 is 25.4 Å². The van der Waals surface area contributed by atoms with Gasteiger partial charge in [0.2, 0.25) is 17.7 Å². The number of amides is 3. The maximum absolute atomic E-state index is 14.2. The molecule has 5 rings (SSSR count). The summed E-state index contributed by atoms with van der Waals surface area (Å²) in [5, 5.41) is 16.8. The van der Waals surface area contributed by atoms with Crippen LogP contribution >= 0.6 is 23.4 Å². The number of aliphatic hydroxyl groups excluding tert-OH is 1. The number of hydrogen-bond donors (Lipinski definition) is 3. The highest BCUT2D eigenvalue weighted by atomic mass is 35.5. The molecule has 39 heavy (non-hydrogen) atoms. The number of fused-ring (bicyclic) bond motifs is 1. The fourth-order valence-electron chi connectivity index (χ4n) is 6.44. The summed E-state index contributed by atoms with van der Waals surface area (Å²) in [6.45, 7) is 6.04. The lowest BCUT2D eigenvalue weighted by Crippen LogP contribution is -2.56. The molecule has 10 heteroatoms. The zero-order valence-electron chi connectivity index (χ0n) is 22.2. The second kappa shape index (κ2) is 11.0. The quantitative estimate of drug-likeness (QED) is 0.411. The van der Waals surface area contributed by atoms with Crippen molar-refractivity contribution in [2.75, 3.05) is 23.8 Å². The largest absolute Gasteiger partial charge is 0.494 e. The Kier molecular flexibility index (Phi) is 7.86. The van der Waals surface area contributed by atoms with Crippen LogP contribution in [0.3, 0.4) is 0 Å². The normalized spacial score (nSPS) is 27.9. The molecule has 2 aromatic carbocycles. The van der Waals surface area contributed by atoms with Crippen LogP contribution in [0.5, 0.6) is 5.75 Å². The lowest BCUT2D eigenvalue weighted by atomic mass is 9.70. The second-order valence-electron chi connectivity index (χ2n) is 10.7. The molecule has 1 spiro atoms. The fourth-order valence-corrected chi connectivity index (χ4v) is 8.77. The zero-order valence-corrected chi connectivity index (χ0v) is 23.8. The van der Waals surface area contributed by atoms with Crippen LogP contribution in [0.1, 0.15) is 33.6 Å². The minimum atomic E-state index is -0.816. The van der Waals surface area contributed by atoms with Gasteiger partial charge in [0, 0.05) is 21.6 Å². The lowest BCUT2D eigenvalue weighted by molar-refractivity contribution is -0.142. The van der Waals surface area contributed by atoms with E-state index in [1.165, 1.54) is 0 Å². The molecule has 0 saturated carbocycles. The maximum atomic E-state index is 14.2. The van der Waals surface area contributed by atoms with Crippen molar-refractivity contribution in [3.8, 4) is 5.75 Å². The van der Waals surface area contributed by atoms with Gasteiger partial charge in [-0.3, -0.25) is 14.4 Å². The monoisotopic (exact) mass is 571 g/mol. The summed E-state index contributed by atoms with van der Waals surface area (Å²) in [6.07, 6.45) is 1.39. The first-order valence-electron chi connectivity index (χ1n) is 13.4. The molecule has 208 valence electrons. The highest BCUT2D eigenvalue weighted by Gasteiger charge is 2.74. The molecule has 0 radical (unpaired) electrons. The number of thioether (sulfide) groups is 1. The molecule has 3 aliphatic heterocycles. The van der Waals surface area contributed by atoms with Crippen molar-refractivity contribution >= 4 is 52.5 Å². The number of nitrogens with one attached hydrogen (secondary N) is 2. The first-order chi connectivity index (χ1) is 18.7. The number of nitrogens with zero attached hydrogens (tertiary/aromatic N) is 1. The van der Waals surface area contributed by atoms with E-state index in [1.807, 2.05) is 20.8 Å². The molecule has 0 aromatic heterocycles. The Balaban J connectivity index is 1.46. The summed E-state index contributed by atoms with van der Waals surface area (Å²) in [5.41, 5.74) is 1.20. The van der Waals surface area contributed by atoms with Crippen LogP contribution in [0.4, 0.5) is 11.4 Å². The van der Waals surface area contributed by atoms with Crippen LogP contribution in [0, 0.1) is 17.8 Å². The fraction of sp³-hybridized carbons (Fsp3) is 0.483. The molecular weight excluding hydrogens is 538 g/mol. The van der Waals surface area contributed by atoms with E-state index < -0.39 is 28.7 Å². The van der Waals surface area contributed by atoms with Crippen LogP contribution in [-0.4, -0.2) is 63.0 Å². The van der Waals surface area contributed by atoms with E-state index in [0.717, 1.165) is 6.42 Å². The van der Waals surface area contributed by atoms with Crippen molar-refractivity contribution in [1.82, 2.24) is 4.90 Å². The van der Waals surface area contributed by atoms with E-state index in [1.54, 1.807) is 65.2 Å². The van der Waals surface area contributed by atoms with Crippen molar-refractivity contribution in [3.63, 3.8) is 0 Å². The molecule has 2 aromatic rings. The molecule has 2 bridgehead atoms. The number of anilines is 2. The summed E-state index contributed by atoms with van der Waals surface area (Å²) in [5.74, 6) is -1.38. The number of halogens is 1. The number of aliphatic hydroxyl groups is 1. The highest BCUT2D eigenvalue weighted by molar-refractivity contribution is 8.02. The Bertz CT molecular complexity index is 1240. The van der Waals surface area contributed by atoms with E-state index in [4.69, 9.17) is 16.3 Å². The van der Waals surface area contributed by atoms with E-state index >= 15 is 0 Å². The summed E-state index contributed by atoms with van der Waals surface area (Å²) in [4.78, 5) is 43.4. The third-order valence-electron chi connectivity index (χ3n) is 8.15. The van der Waals surface area contributed by atoms with Gasteiger partial charge in [0.1, 0.15) is 11.8 Å². The van der Waals surface area contributed by atoms with Crippen LogP contribution in [0.2, 0.25) is 5.02 Å². The molecule has 2 unspecified atom stereocenters. The Hall–Kier alpha value is -2.75. The SMILES string of the molecule is CCOc1ccc(NC(=O)[C@@H]2[C@H]3C(=O)N([C@@H](CO)C(C)C)C(C(=O)Nc4ccc(Cl)cc4)C34CC[C@H]2S4)cc1. The van der Waals surface area contributed by atoms with Crippen LogP contribution < -0.4 is 15.4 Å². The van der Waals surface area contributed by atoms with Crippen LogP contribution in [-0.2, 0) is 14.4 Å². The number of ether oxygens (including phenoxy) is 1. The average molecular weight is 572 g/mol. The number of likely N-dealkylation sites (tertiary alicyclic amines) is 1. The number of carbonyl (C=O) groups is 3. The first-order valence-corrected chi connectivity index (χ1v) is 14.7. The van der Waals surface area contributed by atoms with E-state index in [2.05, 4.69) is 10.6 Å². The van der Waals surface area contributed by atoms with Gasteiger partial charge in [0.15, 0.2) is 0 Å². The van der Waals surface area contributed by atoms with Gasteiger partial charge in [-0.05, 0) is 74.2 Å². The number of rotatable bonds is 9. The highest BCUT2D eigenvalue weighted by Crippen LogP contribution is 2.66. The summed E-state index contributed by atoms with van der Waals surface area (Å²) < 4.78 is 4.74. The van der Waals surface area contributed by atoms with Gasteiger partial charge >= 0.3 is 0 Å². The Morgan fingerprint density at radius 3 is 2.31 bits per heavy atom. The number of carbonyl (C=O) groups excluding carboxylic acids is 3. The van der Waals surface area contributed by atoms with Crippen molar-refractivity contribution in [3.05, 3.63) is 53.6 Å². The molecule has 3 amide bonds. The Morgan fingerprint density at radius 1 is 1.10 bits per heavy atom. The van der Waals surface area contributed by atoms with E-state index in [9.17, 15) is 19.5 Å². The predicted octanol–water partition coefficient (Wildman–Crippen LogP) is 4.42. The molecule has 3 fully saturated rings. The molecular formula is C29H34ClN3O5S. The van der Waals surface area contributed by atoms with Gasteiger partial charge in [-0.25, -0.2) is 0 Å². The molecule has 0 aliphatic carbocycles. The minimum Gasteiger partial charge on any atom is -0.494 e. The van der Waals surface area contributed by atoms with Gasteiger partial charge in [0.25, 0.3) is 0 Å². The summed E-state index contributed by atoms with van der Waals surface area (Å²) in [6, 6.07) is 12.6. The van der Waals surface area contributed by atoms with Gasteiger partial charge in [-0.2, -0.15) is 0 Å². The second-order valence-corrected chi connectivity index (χ2v) is 12.8. The van der Waals surface area contributed by atoms with Crippen molar-refractivity contribution in [2.24, 2.45) is 17.8 Å². The van der Waals surface area contributed by atoms with Gasteiger partial charge in [-0.1, -0.05) is 25.4 Å². The number of hydrogen-bond acceptors (Lipinski definition) is 6. The minimum absolute atomic E-state index is 0.0683. The van der Waals surface area contributed by atoms with Crippen LogP contribution in [0.15, 0.2) is 48.5 Å². The molecule has 3 saturated heterocycles. The first kappa shape index (κ1) is 27.8. The van der Waals surface area contributed by atoms with Gasteiger partial charge in [-0.15, -0.1) is 11.8 Å². The molecule has 8 nitrogen and oxygen atoms in total. The Morgan fingerprint density at radius 2 is 1.72 bits per heavy atom. The van der Waals surface area contributed by atoms with Crippen molar-refractivity contribution in [1.29, 1.82) is 0 Å². The average Bonchev–Trinajstić information content (AvgIpc) is 3.55. The number of benzene rings is 2. The van der Waals surface area contributed by atoms with E-state index in [0.29, 0.717) is 35.2 Å². The topological polar surface area (TPSA) is 108 Å². The Labute approximate surface area is 237 Å². The van der Waals surface area contributed by atoms with Gasteiger partial charge in [0.05, 0.1) is 35.8 Å². The molecule has 3 aliphatic rings. The summed E-state index contributed by atoms with van der Waals surface area (Å²) >= 11 is 7.62. The van der Waals surface area contributed by atoms with Crippen LogP contribution in [0.25, 0.3) is 0 Å². The van der Waals surface area contributed by atoms with Crippen molar-refractivity contribution in [2.45, 2.75) is 55.7 Å². The molecule has 6 atom stereocenters. The zero-order chi connectivity index (χ0) is 27.9. The summed E-state index contributed by atoms with van der Waals surface area (Å²) in [7, 11) is 0. The molecule has 3 N–H and O–H groups in total. The molecule has 3 heterocycles. The maximum Gasteiger partial charge on any atom is 0.248 e. The van der Waals surface area contributed by atoms with Crippen molar-refractivity contribution < 1.29 is 24.2 Å².